The largest absolute Gasteiger partial charge is 0.456 e. The van der Waals surface area contributed by atoms with Gasteiger partial charge in [-0.15, -0.1) is 0 Å². The van der Waals surface area contributed by atoms with Crippen molar-refractivity contribution in [3.63, 3.8) is 0 Å². The number of anilines is 1. The molecule has 0 N–H and O–H groups in total. The molecule has 11 aromatic carbocycles. The fraction of sp³-hybridized carbons (Fsp3) is 0.178. The molecule has 0 unspecified atom stereocenters. The molecule has 2 aromatic heterocycles. The molecule has 1 aliphatic carbocycles. The van der Waals surface area contributed by atoms with Gasteiger partial charge >= 0.3 is 0 Å². The lowest BCUT2D eigenvalue weighted by Gasteiger charge is -2.33. The molecule has 0 radical (unpaired) electrons. The molecule has 0 bridgehead atoms. The quantitative estimate of drug-likeness (QED) is 0.0698. The fourth-order valence-corrected chi connectivity index (χ4v) is 13.7. The Labute approximate surface area is 470 Å². The van der Waals surface area contributed by atoms with E-state index in [9.17, 15) is 0 Å². The summed E-state index contributed by atoms with van der Waals surface area (Å²) in [6.45, 7) is 16.7. The summed E-state index contributed by atoms with van der Waals surface area (Å²) in [5.41, 5.74) is 9.10. The monoisotopic (exact) mass is 1070 g/mol. The molecule has 13 aromatic rings. The van der Waals surface area contributed by atoms with Crippen LogP contribution in [0.15, 0.2) is 175 Å². The second kappa shape index (κ2) is 18.0. The van der Waals surface area contributed by atoms with E-state index in [0.29, 0.717) is 93.4 Å². The zero-order valence-corrected chi connectivity index (χ0v) is 46.6. The van der Waals surface area contributed by atoms with Crippen molar-refractivity contribution >= 4 is 138 Å². The van der Waals surface area contributed by atoms with E-state index in [0.717, 1.165) is 49.4 Å². The number of amides is 2. The number of carbonyl (C=O) groups is 4. The third-order valence-corrected chi connectivity index (χ3v) is 17.4. The van der Waals surface area contributed by atoms with E-state index in [1.54, 1.807) is 24.3 Å². The van der Waals surface area contributed by atoms with E-state index < -0.39 is 17.7 Å². The van der Waals surface area contributed by atoms with E-state index in [2.05, 4.69) is 55.4 Å². The number of imide groups is 1. The standard InChI is InChI=1S/C73H55NO8/c1-35(2)39-23-17-24-40(36(3)4)59(39)68-70(75)47-31-55-62-64-57(81-53-29-15-11-21-45(53)43-19-9-13-27-51(43)79-55)33-49-61-50(73(78)74(72(49)77)69-41(37(5)6)25-18-26-42(69)38(7)8)34-58-65(67(61)64)63-56(32-48(71(68)76)60(47)66(62)63)80-52-28-14-10-20-44(52)46-22-12-16-30-54(46)82-58/h9-38,68H,1-8H3. The minimum absolute atomic E-state index is 0.0118. The minimum Gasteiger partial charge on any atom is -0.456 e. The maximum Gasteiger partial charge on any atom is 0.266 e. The predicted molar refractivity (Wildman–Crippen MR) is 329 cm³/mol. The first-order valence-electron chi connectivity index (χ1n) is 28.4. The molecule has 3 heterocycles. The lowest BCUT2D eigenvalue weighted by atomic mass is 9.71. The number of nitrogens with zero attached hydrogens (tertiary/aromatic N) is 1. The zero-order valence-electron chi connectivity index (χ0n) is 46.6. The van der Waals surface area contributed by atoms with Gasteiger partial charge in [-0.2, -0.15) is 0 Å². The number of benzene rings is 11. The Bertz CT molecular complexity index is 4540. The molecule has 0 atom stereocenters. The zero-order chi connectivity index (χ0) is 56.3. The minimum atomic E-state index is -1.20. The number of rotatable bonds is 6. The Morgan fingerprint density at radius 2 is 0.610 bits per heavy atom. The molecule has 0 fully saturated rings. The highest BCUT2D eigenvalue weighted by Crippen LogP contribution is 2.55. The topological polar surface area (TPSA) is 124 Å². The highest BCUT2D eigenvalue weighted by Gasteiger charge is 2.44. The lowest BCUT2D eigenvalue weighted by molar-refractivity contribution is 0.0849. The molecule has 0 saturated carbocycles. The van der Waals surface area contributed by atoms with Crippen LogP contribution in [0.2, 0.25) is 0 Å². The van der Waals surface area contributed by atoms with Crippen LogP contribution in [0.4, 0.5) is 5.69 Å². The molecule has 9 heteroatoms. The van der Waals surface area contributed by atoms with Crippen molar-refractivity contribution < 1.29 is 36.8 Å². The Kier molecular flexibility index (Phi) is 10.8. The van der Waals surface area contributed by atoms with Gasteiger partial charge in [0.15, 0.2) is 11.6 Å². The summed E-state index contributed by atoms with van der Waals surface area (Å²) in [6.07, 6.45) is 0. The lowest BCUT2D eigenvalue weighted by Crippen LogP contribution is -2.41. The van der Waals surface area contributed by atoms with Gasteiger partial charge in [0.05, 0.1) is 16.8 Å². The smallest absolute Gasteiger partial charge is 0.266 e. The van der Waals surface area contributed by atoms with Gasteiger partial charge in [-0.05, 0) is 100 Å². The van der Waals surface area contributed by atoms with Crippen LogP contribution in [-0.2, 0) is 0 Å². The van der Waals surface area contributed by atoms with Gasteiger partial charge < -0.3 is 17.7 Å². The van der Waals surface area contributed by atoms with Crippen LogP contribution in [0.3, 0.4) is 0 Å². The molecule has 15 rings (SSSR count). The molecule has 2 amide bonds. The van der Waals surface area contributed by atoms with Crippen LogP contribution in [0.5, 0.6) is 0 Å². The maximum atomic E-state index is 16.2. The molecule has 1 aliphatic heterocycles. The second-order valence-electron chi connectivity index (χ2n) is 23.4. The Hall–Kier alpha value is -9.60. The van der Waals surface area contributed by atoms with Crippen molar-refractivity contribution in [2.24, 2.45) is 0 Å². The third kappa shape index (κ3) is 6.86. The van der Waals surface area contributed by atoms with Crippen LogP contribution in [0.1, 0.15) is 154 Å². The normalized spacial score (nSPS) is 14.1. The van der Waals surface area contributed by atoms with Gasteiger partial charge in [-0.25, -0.2) is 4.90 Å². The number of Topliss-reactive ketones (excluding diaryl/α,β-unsaturated/α-hetero) is 2. The van der Waals surface area contributed by atoms with Crippen molar-refractivity contribution in [3.05, 3.63) is 208 Å². The second-order valence-corrected chi connectivity index (χ2v) is 23.4. The van der Waals surface area contributed by atoms with Gasteiger partial charge in [0.25, 0.3) is 11.8 Å². The molecule has 2 aliphatic rings. The van der Waals surface area contributed by atoms with Crippen molar-refractivity contribution in [1.82, 2.24) is 0 Å². The summed E-state index contributed by atoms with van der Waals surface area (Å²) in [5.74, 6) is -3.04. The molecular weight excluding hydrogens is 1020 g/mol. The molecule has 400 valence electrons. The number of carbonyl (C=O) groups excluding carboxylic acids is 4. The SMILES string of the molecule is CC(C)c1cccc(C(C)C)c1C1C(=O)c2cc3oc4ccccc4c4ccccc4oc4cc5c6c(cc7oc8ccccc8c8ccccc8oc8cc(c2c2c3c4c6c7c82)C1=O)C(=O)N(c1c(C(C)C)cccc1C(C)C)C5=O. The summed E-state index contributed by atoms with van der Waals surface area (Å²) < 4.78 is 29.7. The van der Waals surface area contributed by atoms with E-state index >= 15 is 19.2 Å². The van der Waals surface area contributed by atoms with Crippen molar-refractivity contribution in [2.45, 2.75) is 85.0 Å². The number of hydrogen-bond donors (Lipinski definition) is 0. The van der Waals surface area contributed by atoms with Gasteiger partial charge in [0.1, 0.15) is 50.6 Å². The van der Waals surface area contributed by atoms with Crippen LogP contribution < -0.4 is 4.90 Å². The average molecular weight is 1070 g/mol. The van der Waals surface area contributed by atoms with Crippen LogP contribution in [-0.4, -0.2) is 23.4 Å². The van der Waals surface area contributed by atoms with Crippen LogP contribution >= 0.6 is 0 Å². The molecule has 0 saturated heterocycles. The highest BCUT2D eigenvalue weighted by molar-refractivity contribution is 6.50. The van der Waals surface area contributed by atoms with Gasteiger partial charge in [0.2, 0.25) is 0 Å². The van der Waals surface area contributed by atoms with Crippen LogP contribution in [0.25, 0.3) is 109 Å². The first-order valence-corrected chi connectivity index (χ1v) is 28.4. The highest BCUT2D eigenvalue weighted by atomic mass is 16.3. The van der Waals surface area contributed by atoms with Crippen molar-refractivity contribution in [1.29, 1.82) is 0 Å². The number of ketones is 2. The predicted octanol–water partition coefficient (Wildman–Crippen LogP) is 19.7. The molecule has 0 spiro atoms. The summed E-state index contributed by atoms with van der Waals surface area (Å²) in [6, 6.07) is 50.0. The molecule has 9 nitrogen and oxygen atoms in total. The number of fused-ring (bicyclic) bond motifs is 6. The summed E-state index contributed by atoms with van der Waals surface area (Å²) in [5, 5.41) is 6.69. The summed E-state index contributed by atoms with van der Waals surface area (Å²) in [7, 11) is 0. The van der Waals surface area contributed by atoms with Gasteiger partial charge in [-0.3, -0.25) is 19.2 Å². The molecule has 82 heavy (non-hydrogen) atoms. The van der Waals surface area contributed by atoms with E-state index in [4.69, 9.17) is 17.7 Å². The van der Waals surface area contributed by atoms with Crippen molar-refractivity contribution in [2.75, 3.05) is 4.90 Å². The van der Waals surface area contributed by atoms with E-state index in [-0.39, 0.29) is 57.5 Å². The maximum absolute atomic E-state index is 16.2. The summed E-state index contributed by atoms with van der Waals surface area (Å²) in [4.78, 5) is 66.2. The number of para-hydroxylation sites is 5. The van der Waals surface area contributed by atoms with E-state index in [1.165, 1.54) is 4.90 Å². The van der Waals surface area contributed by atoms with Crippen molar-refractivity contribution in [3.8, 4) is 0 Å². The van der Waals surface area contributed by atoms with E-state index in [1.807, 2.05) is 133 Å². The fourth-order valence-electron chi connectivity index (χ4n) is 13.7. The van der Waals surface area contributed by atoms with Gasteiger partial charge in [0, 0.05) is 75.8 Å². The Morgan fingerprint density at radius 3 is 0.939 bits per heavy atom. The Morgan fingerprint density at radius 1 is 0.317 bits per heavy atom. The third-order valence-electron chi connectivity index (χ3n) is 17.4. The number of hydrogen-bond acceptors (Lipinski definition) is 8. The average Bonchev–Trinajstić information content (AvgIpc) is 0.839. The first kappa shape index (κ1) is 49.4. The summed E-state index contributed by atoms with van der Waals surface area (Å²) >= 11 is 0. The first-order chi connectivity index (χ1) is 39.7. The van der Waals surface area contributed by atoms with Gasteiger partial charge in [-0.1, -0.05) is 165 Å². The Balaban J connectivity index is 1.25. The molecular formula is C73H55NO8. The van der Waals surface area contributed by atoms with Crippen LogP contribution in [0, 0.1) is 0 Å².